The van der Waals surface area contributed by atoms with Crippen LogP contribution in [0.25, 0.3) is 0 Å². The van der Waals surface area contributed by atoms with Gasteiger partial charge < -0.3 is 9.80 Å². The molecule has 0 aromatic rings. The minimum absolute atomic E-state index is 0.337. The summed E-state index contributed by atoms with van der Waals surface area (Å²) in [5.74, 6) is 3.33. The molecule has 0 unspecified atom stereocenters. The van der Waals surface area contributed by atoms with Gasteiger partial charge in [0.25, 0.3) is 0 Å². The van der Waals surface area contributed by atoms with Crippen molar-refractivity contribution in [3.8, 4) is 0 Å². The van der Waals surface area contributed by atoms with Crippen LogP contribution in [0.15, 0.2) is 0 Å². The van der Waals surface area contributed by atoms with E-state index in [0.717, 1.165) is 0 Å². The molecular weight excluding hydrogens is 244 g/mol. The first kappa shape index (κ1) is 14.3. The monoisotopic (exact) mass is 266 g/mol. The van der Waals surface area contributed by atoms with E-state index in [0.29, 0.717) is 24.6 Å². The van der Waals surface area contributed by atoms with E-state index >= 15 is 0 Å². The smallest absolute Gasteiger partial charge is 0.152 e. The van der Waals surface area contributed by atoms with Gasteiger partial charge in [0.1, 0.15) is 0 Å². The Balaban J connectivity index is 0.000000165. The lowest BCUT2D eigenvalue weighted by Gasteiger charge is -2.21. The van der Waals surface area contributed by atoms with Gasteiger partial charge in [0.2, 0.25) is 0 Å². The Morgan fingerprint density at radius 3 is 1.62 bits per heavy atom. The summed E-state index contributed by atoms with van der Waals surface area (Å²) in [4.78, 5) is 4.40. The first-order valence-electron chi connectivity index (χ1n) is 5.65. The quantitative estimate of drug-likeness (QED) is 0.618. The lowest BCUT2D eigenvalue weighted by atomic mass is 10.6. The molecule has 0 spiro atoms. The van der Waals surface area contributed by atoms with Gasteiger partial charge in [0, 0.05) is 37.7 Å². The van der Waals surface area contributed by atoms with Gasteiger partial charge in [-0.05, 0) is 14.1 Å². The number of hydrogen-bond donors (Lipinski definition) is 0. The van der Waals surface area contributed by atoms with Crippen molar-refractivity contribution >= 4 is 21.6 Å². The van der Waals surface area contributed by atoms with Crippen molar-refractivity contribution in [2.45, 2.75) is 0 Å². The highest BCUT2D eigenvalue weighted by atomic mass is 32.2. The third kappa shape index (κ3) is 6.08. The van der Waals surface area contributed by atoms with Crippen molar-refractivity contribution in [1.82, 2.24) is 9.80 Å². The molecule has 2 aliphatic rings. The molecule has 4 nitrogen and oxygen atoms in total. The molecule has 0 N–H and O–H groups in total. The number of thioether (sulfide) groups is 1. The molecule has 0 radical (unpaired) electrons. The van der Waals surface area contributed by atoms with Gasteiger partial charge >= 0.3 is 0 Å². The van der Waals surface area contributed by atoms with Gasteiger partial charge in [0.05, 0.1) is 11.5 Å². The van der Waals surface area contributed by atoms with Crippen LogP contribution >= 0.6 is 11.8 Å². The predicted molar refractivity (Wildman–Crippen MR) is 71.0 cm³/mol. The molecule has 2 fully saturated rings. The van der Waals surface area contributed by atoms with E-state index in [-0.39, 0.29) is 0 Å². The standard InChI is InChI=1S/C5H11NO2S.C5H11NS/c1-6-2-4-9(7,8)5-3-6;1-6-2-4-7-5-3-6/h2-5H2,1H3;2-5H2,1H3. The fourth-order valence-corrected chi connectivity index (χ4v) is 3.93. The molecule has 0 amide bonds. The van der Waals surface area contributed by atoms with Crippen LogP contribution in [0, 0.1) is 0 Å². The van der Waals surface area contributed by atoms with E-state index < -0.39 is 9.84 Å². The van der Waals surface area contributed by atoms with E-state index in [2.05, 4.69) is 23.7 Å². The Morgan fingerprint density at radius 2 is 1.31 bits per heavy atom. The maximum atomic E-state index is 10.8. The van der Waals surface area contributed by atoms with E-state index in [1.807, 2.05) is 11.9 Å². The van der Waals surface area contributed by atoms with Crippen LogP contribution in [0.1, 0.15) is 0 Å². The van der Waals surface area contributed by atoms with Crippen LogP contribution in [0.4, 0.5) is 0 Å². The van der Waals surface area contributed by atoms with E-state index in [1.165, 1.54) is 24.6 Å². The highest BCUT2D eigenvalue weighted by Crippen LogP contribution is 2.05. The van der Waals surface area contributed by atoms with E-state index in [1.54, 1.807) is 0 Å². The Morgan fingerprint density at radius 1 is 0.875 bits per heavy atom. The molecular formula is C10H22N2O2S2. The second-order valence-electron chi connectivity index (χ2n) is 4.37. The summed E-state index contributed by atoms with van der Waals surface area (Å²) in [5.41, 5.74) is 0. The second-order valence-corrected chi connectivity index (χ2v) is 7.90. The highest BCUT2D eigenvalue weighted by Gasteiger charge is 2.17. The zero-order valence-electron chi connectivity index (χ0n) is 10.2. The molecule has 96 valence electrons. The molecule has 16 heavy (non-hydrogen) atoms. The molecule has 0 aromatic heterocycles. The van der Waals surface area contributed by atoms with Gasteiger partial charge in [-0.25, -0.2) is 8.42 Å². The second kappa shape index (κ2) is 6.83. The largest absolute Gasteiger partial charge is 0.305 e. The summed E-state index contributed by atoms with van der Waals surface area (Å²) < 4.78 is 21.5. The van der Waals surface area contributed by atoms with Crippen molar-refractivity contribution < 1.29 is 8.42 Å². The molecule has 2 heterocycles. The van der Waals surface area contributed by atoms with Gasteiger partial charge in [-0.15, -0.1) is 0 Å². The molecule has 2 saturated heterocycles. The van der Waals surface area contributed by atoms with Crippen molar-refractivity contribution in [2.75, 3.05) is 63.3 Å². The fraction of sp³-hybridized carbons (Fsp3) is 1.00. The average molecular weight is 266 g/mol. The van der Waals surface area contributed by atoms with Crippen molar-refractivity contribution in [3.63, 3.8) is 0 Å². The van der Waals surface area contributed by atoms with Crippen molar-refractivity contribution in [1.29, 1.82) is 0 Å². The maximum Gasteiger partial charge on any atom is 0.152 e. The number of hydrogen-bond acceptors (Lipinski definition) is 5. The first-order valence-corrected chi connectivity index (χ1v) is 8.62. The minimum atomic E-state index is -2.66. The lowest BCUT2D eigenvalue weighted by Crippen LogP contribution is -2.37. The van der Waals surface area contributed by atoms with E-state index in [9.17, 15) is 8.42 Å². The molecule has 6 heteroatoms. The highest BCUT2D eigenvalue weighted by molar-refractivity contribution is 7.99. The zero-order chi connectivity index (χ0) is 12.0. The summed E-state index contributed by atoms with van der Waals surface area (Å²) in [7, 11) is 1.46. The summed E-state index contributed by atoms with van der Waals surface area (Å²) >= 11 is 2.06. The number of nitrogens with zero attached hydrogens (tertiary/aromatic N) is 2. The van der Waals surface area contributed by atoms with Gasteiger partial charge in [0.15, 0.2) is 9.84 Å². The normalized spacial score (nSPS) is 26.9. The van der Waals surface area contributed by atoms with Crippen LogP contribution in [0.3, 0.4) is 0 Å². The van der Waals surface area contributed by atoms with Crippen LogP contribution in [-0.4, -0.2) is 81.5 Å². The average Bonchev–Trinajstić information content (AvgIpc) is 2.25. The molecule has 0 saturated carbocycles. The van der Waals surface area contributed by atoms with Crippen LogP contribution in [-0.2, 0) is 9.84 Å². The molecule has 0 aliphatic carbocycles. The topological polar surface area (TPSA) is 40.6 Å². The summed E-state index contributed by atoms with van der Waals surface area (Å²) in [6.07, 6.45) is 0. The van der Waals surface area contributed by atoms with E-state index in [4.69, 9.17) is 0 Å². The Kier molecular flexibility index (Phi) is 6.10. The third-order valence-corrected chi connectivity index (χ3v) is 5.35. The van der Waals surface area contributed by atoms with Gasteiger partial charge in [-0.1, -0.05) is 0 Å². The molecule has 0 aromatic carbocycles. The van der Waals surface area contributed by atoms with Crippen LogP contribution < -0.4 is 0 Å². The van der Waals surface area contributed by atoms with Gasteiger partial charge in [-0.3, -0.25) is 0 Å². The Hall–Kier alpha value is 0.220. The zero-order valence-corrected chi connectivity index (χ0v) is 11.8. The van der Waals surface area contributed by atoms with Crippen LogP contribution in [0.5, 0.6) is 0 Å². The maximum absolute atomic E-state index is 10.8. The summed E-state index contributed by atoms with van der Waals surface area (Å²) in [6, 6.07) is 0. The Bertz CT molecular complexity index is 273. The first-order chi connectivity index (χ1) is 7.49. The molecule has 0 bridgehead atoms. The van der Waals surface area contributed by atoms with Gasteiger partial charge in [-0.2, -0.15) is 11.8 Å². The Labute approximate surface area is 103 Å². The lowest BCUT2D eigenvalue weighted by molar-refractivity contribution is 0.360. The number of rotatable bonds is 0. The summed E-state index contributed by atoms with van der Waals surface area (Å²) in [5, 5.41) is 0. The SMILES string of the molecule is CN1CCS(=O)(=O)CC1.CN1CCSCC1. The van der Waals surface area contributed by atoms with Crippen molar-refractivity contribution in [3.05, 3.63) is 0 Å². The van der Waals surface area contributed by atoms with Crippen LogP contribution in [0.2, 0.25) is 0 Å². The minimum Gasteiger partial charge on any atom is -0.305 e. The third-order valence-electron chi connectivity index (χ3n) is 2.80. The number of sulfone groups is 1. The summed E-state index contributed by atoms with van der Waals surface area (Å²) in [6.45, 7) is 3.96. The molecule has 2 rings (SSSR count). The predicted octanol–water partition coefficient (Wildman–Crippen LogP) is 0.0116. The van der Waals surface area contributed by atoms with Crippen molar-refractivity contribution in [2.24, 2.45) is 0 Å². The fourth-order valence-electron chi connectivity index (χ4n) is 1.46. The molecule has 0 atom stereocenters. The molecule has 2 aliphatic heterocycles.